The van der Waals surface area contributed by atoms with E-state index in [0.29, 0.717) is 13.0 Å². The molecule has 0 radical (unpaired) electrons. The van der Waals surface area contributed by atoms with E-state index in [1.54, 1.807) is 6.07 Å². The molecule has 0 aliphatic carbocycles. The monoisotopic (exact) mass is 265 g/mol. The minimum Gasteiger partial charge on any atom is -0.356 e. The van der Waals surface area contributed by atoms with Crippen LogP contribution in [0.3, 0.4) is 0 Å². The molecule has 0 saturated heterocycles. The number of carbonyl (C=O) groups is 1. The number of carbonyl (C=O) groups excluding carboxylic acids is 1. The molecule has 0 aliphatic rings. The number of aryl methyl sites for hydroxylation is 1. The molecule has 106 valence electrons. The SMILES string of the molecule is CC(C)(C)CC(=O)NCCCCc1ccccc1F. The van der Waals surface area contributed by atoms with E-state index in [1.165, 1.54) is 6.07 Å². The molecule has 0 atom stereocenters. The van der Waals surface area contributed by atoms with Crippen molar-refractivity contribution in [3.8, 4) is 0 Å². The third kappa shape index (κ3) is 6.94. The fourth-order valence-electron chi connectivity index (χ4n) is 1.91. The van der Waals surface area contributed by atoms with E-state index in [2.05, 4.69) is 5.32 Å². The van der Waals surface area contributed by atoms with Crippen molar-refractivity contribution >= 4 is 5.91 Å². The van der Waals surface area contributed by atoms with Crippen LogP contribution in [0.5, 0.6) is 0 Å². The van der Waals surface area contributed by atoms with Gasteiger partial charge in [-0.1, -0.05) is 39.0 Å². The van der Waals surface area contributed by atoms with Crippen molar-refractivity contribution in [3.63, 3.8) is 0 Å². The Bertz CT molecular complexity index is 409. The first kappa shape index (κ1) is 15.7. The molecule has 2 nitrogen and oxygen atoms in total. The van der Waals surface area contributed by atoms with Gasteiger partial charge in [0.05, 0.1) is 0 Å². The lowest BCUT2D eigenvalue weighted by Crippen LogP contribution is -2.28. The Balaban J connectivity index is 2.15. The summed E-state index contributed by atoms with van der Waals surface area (Å²) in [5.74, 6) is -0.0438. The van der Waals surface area contributed by atoms with Crippen LogP contribution in [0.1, 0.15) is 45.6 Å². The summed E-state index contributed by atoms with van der Waals surface area (Å²) < 4.78 is 13.3. The van der Waals surface area contributed by atoms with E-state index in [1.807, 2.05) is 32.9 Å². The number of amides is 1. The maximum atomic E-state index is 13.3. The normalized spacial score (nSPS) is 11.4. The van der Waals surface area contributed by atoms with Crippen LogP contribution in [0.2, 0.25) is 0 Å². The van der Waals surface area contributed by atoms with E-state index >= 15 is 0 Å². The number of hydrogen-bond acceptors (Lipinski definition) is 1. The van der Waals surface area contributed by atoms with Crippen molar-refractivity contribution in [1.82, 2.24) is 5.32 Å². The zero-order chi connectivity index (χ0) is 14.3. The van der Waals surface area contributed by atoms with Gasteiger partial charge in [0.15, 0.2) is 0 Å². The van der Waals surface area contributed by atoms with Crippen LogP contribution in [0, 0.1) is 11.2 Å². The molecule has 1 N–H and O–H groups in total. The Hall–Kier alpha value is -1.38. The minimum atomic E-state index is -0.140. The van der Waals surface area contributed by atoms with E-state index < -0.39 is 0 Å². The summed E-state index contributed by atoms with van der Waals surface area (Å²) in [6.07, 6.45) is 3.03. The maximum absolute atomic E-state index is 13.3. The predicted octanol–water partition coefficient (Wildman–Crippen LogP) is 3.70. The van der Waals surface area contributed by atoms with Crippen LogP contribution in [-0.4, -0.2) is 12.5 Å². The number of hydrogen-bond donors (Lipinski definition) is 1. The first-order chi connectivity index (χ1) is 8.88. The molecule has 0 heterocycles. The number of nitrogens with one attached hydrogen (secondary N) is 1. The minimum absolute atomic E-state index is 0.0251. The zero-order valence-corrected chi connectivity index (χ0v) is 12.1. The maximum Gasteiger partial charge on any atom is 0.220 e. The molecule has 0 spiro atoms. The third-order valence-electron chi connectivity index (χ3n) is 2.84. The summed E-state index contributed by atoms with van der Waals surface area (Å²) in [4.78, 5) is 11.6. The van der Waals surface area contributed by atoms with Crippen molar-refractivity contribution in [3.05, 3.63) is 35.6 Å². The standard InChI is InChI=1S/C16H24FNO/c1-16(2,3)12-15(19)18-11-7-6-9-13-8-4-5-10-14(13)17/h4-5,8,10H,6-7,9,11-12H2,1-3H3,(H,18,19). The van der Waals surface area contributed by atoms with Gasteiger partial charge in [0.25, 0.3) is 0 Å². The van der Waals surface area contributed by atoms with Crippen LogP contribution in [-0.2, 0) is 11.2 Å². The van der Waals surface area contributed by atoms with Gasteiger partial charge in [-0.15, -0.1) is 0 Å². The highest BCUT2D eigenvalue weighted by molar-refractivity contribution is 5.76. The summed E-state index contributed by atoms with van der Waals surface area (Å²) in [5, 5.41) is 2.91. The lowest BCUT2D eigenvalue weighted by Gasteiger charge is -2.17. The van der Waals surface area contributed by atoms with Crippen molar-refractivity contribution in [2.75, 3.05) is 6.54 Å². The van der Waals surface area contributed by atoms with Crippen LogP contribution in [0.25, 0.3) is 0 Å². The number of halogens is 1. The summed E-state index contributed by atoms with van der Waals surface area (Å²) in [5.41, 5.74) is 0.778. The second kappa shape index (κ2) is 7.27. The lowest BCUT2D eigenvalue weighted by molar-refractivity contribution is -0.122. The molecule has 0 unspecified atom stereocenters. The Morgan fingerprint density at radius 2 is 1.89 bits per heavy atom. The molecule has 1 aromatic carbocycles. The smallest absolute Gasteiger partial charge is 0.220 e. The van der Waals surface area contributed by atoms with Crippen molar-refractivity contribution in [2.45, 2.75) is 46.5 Å². The second-order valence-electron chi connectivity index (χ2n) is 6.14. The van der Waals surface area contributed by atoms with Crippen molar-refractivity contribution in [1.29, 1.82) is 0 Å². The van der Waals surface area contributed by atoms with Crippen LogP contribution < -0.4 is 5.32 Å². The summed E-state index contributed by atoms with van der Waals surface area (Å²) in [6.45, 7) is 6.81. The summed E-state index contributed by atoms with van der Waals surface area (Å²) in [6, 6.07) is 6.85. The van der Waals surface area contributed by atoms with Gasteiger partial charge in [-0.3, -0.25) is 4.79 Å². The van der Waals surface area contributed by atoms with E-state index in [4.69, 9.17) is 0 Å². The fraction of sp³-hybridized carbons (Fsp3) is 0.562. The number of rotatable bonds is 6. The van der Waals surface area contributed by atoms with Crippen LogP contribution in [0.4, 0.5) is 4.39 Å². The molecule has 1 aromatic rings. The third-order valence-corrected chi connectivity index (χ3v) is 2.84. The van der Waals surface area contributed by atoms with Gasteiger partial charge in [-0.25, -0.2) is 4.39 Å². The zero-order valence-electron chi connectivity index (χ0n) is 12.1. The Labute approximate surface area is 115 Å². The first-order valence-electron chi connectivity index (χ1n) is 6.88. The molecule has 0 bridgehead atoms. The predicted molar refractivity (Wildman–Crippen MR) is 76.4 cm³/mol. The molecule has 1 amide bonds. The number of benzene rings is 1. The molecular formula is C16H24FNO. The molecule has 19 heavy (non-hydrogen) atoms. The highest BCUT2D eigenvalue weighted by Crippen LogP contribution is 2.17. The Morgan fingerprint density at radius 1 is 1.21 bits per heavy atom. The van der Waals surface area contributed by atoms with Crippen LogP contribution >= 0.6 is 0 Å². The second-order valence-corrected chi connectivity index (χ2v) is 6.14. The largest absolute Gasteiger partial charge is 0.356 e. The molecule has 0 fully saturated rings. The molecule has 0 aromatic heterocycles. The summed E-state index contributed by atoms with van der Waals surface area (Å²) in [7, 11) is 0. The Kier molecular flexibility index (Phi) is 6.00. The highest BCUT2D eigenvalue weighted by atomic mass is 19.1. The van der Waals surface area contributed by atoms with Crippen LogP contribution in [0.15, 0.2) is 24.3 Å². The van der Waals surface area contributed by atoms with Gasteiger partial charge >= 0.3 is 0 Å². The number of unbranched alkanes of at least 4 members (excludes halogenated alkanes) is 1. The fourth-order valence-corrected chi connectivity index (χ4v) is 1.91. The summed E-state index contributed by atoms with van der Waals surface area (Å²) >= 11 is 0. The quantitative estimate of drug-likeness (QED) is 0.781. The van der Waals surface area contributed by atoms with Gasteiger partial charge in [0, 0.05) is 13.0 Å². The molecule has 3 heteroatoms. The van der Waals surface area contributed by atoms with E-state index in [9.17, 15) is 9.18 Å². The Morgan fingerprint density at radius 3 is 2.53 bits per heavy atom. The molecular weight excluding hydrogens is 241 g/mol. The van der Waals surface area contributed by atoms with Crippen molar-refractivity contribution in [2.24, 2.45) is 5.41 Å². The first-order valence-corrected chi connectivity index (χ1v) is 6.88. The van der Waals surface area contributed by atoms with Gasteiger partial charge < -0.3 is 5.32 Å². The molecule has 0 saturated carbocycles. The average molecular weight is 265 g/mol. The topological polar surface area (TPSA) is 29.1 Å². The van der Waals surface area contributed by atoms with Gasteiger partial charge in [-0.2, -0.15) is 0 Å². The van der Waals surface area contributed by atoms with Crippen molar-refractivity contribution < 1.29 is 9.18 Å². The highest BCUT2D eigenvalue weighted by Gasteiger charge is 2.15. The van der Waals surface area contributed by atoms with Gasteiger partial charge in [0.2, 0.25) is 5.91 Å². The van der Waals surface area contributed by atoms with E-state index in [0.717, 1.165) is 24.8 Å². The van der Waals surface area contributed by atoms with Gasteiger partial charge in [0.1, 0.15) is 5.82 Å². The lowest BCUT2D eigenvalue weighted by atomic mass is 9.92. The average Bonchev–Trinajstić information content (AvgIpc) is 2.28. The van der Waals surface area contributed by atoms with Gasteiger partial charge in [-0.05, 0) is 36.3 Å². The molecule has 1 rings (SSSR count). The van der Waals surface area contributed by atoms with E-state index in [-0.39, 0.29) is 17.1 Å². The molecule has 0 aliphatic heterocycles.